The van der Waals surface area contributed by atoms with Crippen LogP contribution < -0.4 is 10.6 Å². The van der Waals surface area contributed by atoms with Crippen LogP contribution in [0.15, 0.2) is 52.5 Å². The van der Waals surface area contributed by atoms with E-state index in [1.54, 1.807) is 24.4 Å². The van der Waals surface area contributed by atoms with Crippen molar-refractivity contribution in [3.05, 3.63) is 69.2 Å². The Kier molecular flexibility index (Phi) is 7.92. The van der Waals surface area contributed by atoms with Gasteiger partial charge in [0.15, 0.2) is 5.17 Å². The van der Waals surface area contributed by atoms with Gasteiger partial charge in [-0.2, -0.15) is 23.3 Å². The van der Waals surface area contributed by atoms with Gasteiger partial charge in [0.25, 0.3) is 5.91 Å². The van der Waals surface area contributed by atoms with E-state index in [9.17, 15) is 22.8 Å². The third-order valence-corrected chi connectivity index (χ3v) is 7.81. The van der Waals surface area contributed by atoms with Crippen molar-refractivity contribution in [3.8, 4) is 0 Å². The summed E-state index contributed by atoms with van der Waals surface area (Å²) < 4.78 is 42.2. The topological polar surface area (TPSA) is 91.6 Å². The predicted molar refractivity (Wildman–Crippen MR) is 155 cm³/mol. The molecule has 0 unspecified atom stereocenters. The molecule has 5 rings (SSSR count). The maximum atomic E-state index is 13.6. The van der Waals surface area contributed by atoms with E-state index in [-0.39, 0.29) is 34.5 Å². The van der Waals surface area contributed by atoms with Crippen LogP contribution in [0.25, 0.3) is 17.0 Å². The minimum Gasteiger partial charge on any atom is -0.350 e. The Balaban J connectivity index is 1.30. The van der Waals surface area contributed by atoms with E-state index in [4.69, 9.17) is 11.6 Å². The van der Waals surface area contributed by atoms with E-state index in [1.165, 1.54) is 28.6 Å². The minimum atomic E-state index is -4.54. The van der Waals surface area contributed by atoms with Crippen LogP contribution in [0.5, 0.6) is 0 Å². The fourth-order valence-corrected chi connectivity index (χ4v) is 5.79. The molecule has 0 spiro atoms. The minimum absolute atomic E-state index is 0.0124. The fourth-order valence-electron chi connectivity index (χ4n) is 4.67. The number of halogens is 4. The first-order chi connectivity index (χ1) is 19.3. The zero-order valence-electron chi connectivity index (χ0n) is 22.6. The summed E-state index contributed by atoms with van der Waals surface area (Å²) in [4.78, 5) is 32.0. The number of alkyl halides is 3. The molecule has 41 heavy (non-hydrogen) atoms. The number of thioether (sulfide) groups is 1. The van der Waals surface area contributed by atoms with E-state index in [0.29, 0.717) is 40.6 Å². The number of fused-ring (bicyclic) bond motifs is 1. The highest BCUT2D eigenvalue weighted by Crippen LogP contribution is 2.35. The van der Waals surface area contributed by atoms with Crippen molar-refractivity contribution < 1.29 is 22.8 Å². The monoisotopic (exact) mass is 604 g/mol. The Bertz CT molecular complexity index is 1580. The molecule has 2 aliphatic rings. The second kappa shape index (κ2) is 11.1. The number of rotatable bonds is 4. The summed E-state index contributed by atoms with van der Waals surface area (Å²) in [5.74, 6) is -0.468. The van der Waals surface area contributed by atoms with Gasteiger partial charge in [0.2, 0.25) is 5.91 Å². The number of hydrogen-bond donors (Lipinski definition) is 2. The Morgan fingerprint density at radius 1 is 1.22 bits per heavy atom. The molecule has 2 aliphatic heterocycles. The standard InChI is InChI=1S/C28H28ClF3N6O2S/c1-27(2,3)36-24(39)21-15-37(9-8-33-21)26-35-25(40)23(41-26)11-16-4-7-22-18(10-16)13-34-38(22)14-17-5-6-19(29)12-20(17)28(30,31)32/h4-7,10-13,21,33H,8-9,14-15H2,1-3H3,(H,36,39)/b23-11+/t21-/m0/s1. The van der Waals surface area contributed by atoms with Crippen LogP contribution in [0.4, 0.5) is 13.2 Å². The highest BCUT2D eigenvalue weighted by Gasteiger charge is 2.34. The van der Waals surface area contributed by atoms with Gasteiger partial charge in [-0.3, -0.25) is 14.3 Å². The molecule has 3 heterocycles. The predicted octanol–water partition coefficient (Wildman–Crippen LogP) is 4.92. The summed E-state index contributed by atoms with van der Waals surface area (Å²) in [7, 11) is 0. The Hall–Kier alpha value is -3.35. The highest BCUT2D eigenvalue weighted by atomic mass is 35.5. The fraction of sp³-hybridized carbons (Fsp3) is 0.357. The molecule has 216 valence electrons. The van der Waals surface area contributed by atoms with Gasteiger partial charge in [0.1, 0.15) is 6.04 Å². The molecule has 0 aliphatic carbocycles. The number of hydrogen-bond acceptors (Lipinski definition) is 6. The Morgan fingerprint density at radius 2 is 2.00 bits per heavy atom. The van der Waals surface area contributed by atoms with Crippen LogP contribution in [0.2, 0.25) is 5.02 Å². The van der Waals surface area contributed by atoms with Crippen LogP contribution in [-0.2, 0) is 22.3 Å². The van der Waals surface area contributed by atoms with E-state index in [1.807, 2.05) is 31.7 Å². The number of amidine groups is 1. The number of nitrogens with one attached hydrogen (secondary N) is 2. The molecule has 2 aromatic carbocycles. The van der Waals surface area contributed by atoms with Gasteiger partial charge in [0.05, 0.1) is 28.7 Å². The second-order valence-corrected chi connectivity index (χ2v) is 12.4. The Morgan fingerprint density at radius 3 is 2.73 bits per heavy atom. The van der Waals surface area contributed by atoms with Crippen molar-refractivity contribution in [2.45, 2.75) is 45.1 Å². The normalized spacial score (nSPS) is 19.2. The molecular weight excluding hydrogens is 577 g/mol. The largest absolute Gasteiger partial charge is 0.416 e. The molecule has 8 nitrogen and oxygen atoms in total. The first-order valence-electron chi connectivity index (χ1n) is 12.9. The van der Waals surface area contributed by atoms with E-state index in [2.05, 4.69) is 20.7 Å². The maximum absolute atomic E-state index is 13.6. The number of aliphatic imine (C=N–C) groups is 1. The van der Waals surface area contributed by atoms with Crippen LogP contribution in [-0.4, -0.2) is 62.9 Å². The van der Waals surface area contributed by atoms with Crippen molar-refractivity contribution in [2.75, 3.05) is 19.6 Å². The third kappa shape index (κ3) is 6.77. The molecule has 0 radical (unpaired) electrons. The number of nitrogens with zero attached hydrogens (tertiary/aromatic N) is 4. The molecule has 2 N–H and O–H groups in total. The van der Waals surface area contributed by atoms with Crippen molar-refractivity contribution in [3.63, 3.8) is 0 Å². The summed E-state index contributed by atoms with van der Waals surface area (Å²) >= 11 is 7.06. The zero-order valence-corrected chi connectivity index (χ0v) is 24.1. The number of piperazine rings is 1. The molecule has 13 heteroatoms. The summed E-state index contributed by atoms with van der Waals surface area (Å²) in [6, 6.07) is 8.64. The van der Waals surface area contributed by atoms with Crippen LogP contribution in [0.1, 0.15) is 37.5 Å². The molecule has 1 atom stereocenters. The average Bonchev–Trinajstić information content (AvgIpc) is 3.46. The van der Waals surface area contributed by atoms with Crippen LogP contribution in [0.3, 0.4) is 0 Å². The highest BCUT2D eigenvalue weighted by molar-refractivity contribution is 8.18. The van der Waals surface area contributed by atoms with Crippen molar-refractivity contribution >= 4 is 57.3 Å². The quantitative estimate of drug-likeness (QED) is 0.411. The lowest BCUT2D eigenvalue weighted by Gasteiger charge is -2.35. The van der Waals surface area contributed by atoms with E-state index < -0.39 is 17.8 Å². The van der Waals surface area contributed by atoms with Gasteiger partial charge in [-0.1, -0.05) is 23.7 Å². The van der Waals surface area contributed by atoms with Gasteiger partial charge in [-0.25, -0.2) is 0 Å². The molecule has 1 fully saturated rings. The summed E-state index contributed by atoms with van der Waals surface area (Å²) in [6.45, 7) is 7.26. The lowest BCUT2D eigenvalue weighted by molar-refractivity contribution is -0.138. The van der Waals surface area contributed by atoms with E-state index in [0.717, 1.165) is 11.6 Å². The first kappa shape index (κ1) is 29.2. The van der Waals surface area contributed by atoms with Crippen LogP contribution in [0, 0.1) is 0 Å². The third-order valence-electron chi connectivity index (χ3n) is 6.53. The molecule has 0 saturated carbocycles. The first-order valence-corrected chi connectivity index (χ1v) is 14.1. The molecule has 2 amide bonds. The number of benzene rings is 2. The molecule has 0 bridgehead atoms. The van der Waals surface area contributed by atoms with Gasteiger partial charge in [-0.15, -0.1) is 0 Å². The lowest BCUT2D eigenvalue weighted by Crippen LogP contribution is -2.60. The van der Waals surface area contributed by atoms with Crippen molar-refractivity contribution in [2.24, 2.45) is 4.99 Å². The number of amides is 2. The molecule has 3 aromatic rings. The molecular formula is C28H28ClF3N6O2S. The van der Waals surface area contributed by atoms with Gasteiger partial charge >= 0.3 is 6.18 Å². The summed E-state index contributed by atoms with van der Waals surface area (Å²) in [5.41, 5.74) is 0.286. The van der Waals surface area contributed by atoms with Gasteiger partial charge in [-0.05, 0) is 74.0 Å². The smallest absolute Gasteiger partial charge is 0.350 e. The van der Waals surface area contributed by atoms with Crippen molar-refractivity contribution in [1.29, 1.82) is 0 Å². The van der Waals surface area contributed by atoms with E-state index >= 15 is 0 Å². The summed E-state index contributed by atoms with van der Waals surface area (Å²) in [5, 5.41) is 11.8. The average molecular weight is 605 g/mol. The molecule has 1 aromatic heterocycles. The van der Waals surface area contributed by atoms with Gasteiger partial charge < -0.3 is 15.5 Å². The number of aromatic nitrogens is 2. The Labute approximate surface area is 244 Å². The number of carbonyl (C=O) groups excluding carboxylic acids is 2. The maximum Gasteiger partial charge on any atom is 0.416 e. The second-order valence-electron chi connectivity index (χ2n) is 10.9. The van der Waals surface area contributed by atoms with Crippen LogP contribution >= 0.6 is 23.4 Å². The van der Waals surface area contributed by atoms with Crippen molar-refractivity contribution in [1.82, 2.24) is 25.3 Å². The SMILES string of the molecule is CC(C)(C)NC(=O)[C@@H]1CN(C2=NC(=O)/C(=C\c3ccc4c(cnn4Cc4ccc(Cl)cc4C(F)(F)F)c3)S2)CCN1. The zero-order chi connectivity index (χ0) is 29.5. The summed E-state index contributed by atoms with van der Waals surface area (Å²) in [6.07, 6.45) is -1.23. The van der Waals surface area contributed by atoms with Gasteiger partial charge in [0, 0.05) is 35.6 Å². The number of carbonyl (C=O) groups is 2. The molecule has 1 saturated heterocycles. The lowest BCUT2D eigenvalue weighted by atomic mass is 10.1.